The molecule has 1 fully saturated rings. The van der Waals surface area contributed by atoms with Gasteiger partial charge < -0.3 is 15.5 Å². The number of hydrogen-bond donors (Lipinski definition) is 4. The summed E-state index contributed by atoms with van der Waals surface area (Å²) in [6.07, 6.45) is 2.80. The minimum absolute atomic E-state index is 0.250. The van der Waals surface area contributed by atoms with Crippen LogP contribution in [-0.4, -0.2) is 68.1 Å². The Morgan fingerprint density at radius 3 is 2.63 bits per heavy atom. The molecule has 0 spiro atoms. The standard InChI is InChI=1S/C22H23N7O5S/c23-35(32,33)34-12-14-8-16(22(31)21(14)30)27-19-6-7-25-20-9-15(28-29(19)20)18-11-24-10-17(26-18)13-4-2-1-3-5-13/h1-7,9-11,14,16,21-22,27,30-31H,8,12H2,(H2,23,32,33)/t14-,16?,21-,22?/m1/s1. The lowest BCUT2D eigenvalue weighted by atomic mass is 10.1. The lowest BCUT2D eigenvalue weighted by Gasteiger charge is -2.19. The highest BCUT2D eigenvalue weighted by molar-refractivity contribution is 7.84. The van der Waals surface area contributed by atoms with Crippen LogP contribution < -0.4 is 10.5 Å². The Morgan fingerprint density at radius 1 is 1.09 bits per heavy atom. The van der Waals surface area contributed by atoms with Crippen molar-refractivity contribution in [3.05, 3.63) is 61.1 Å². The summed E-state index contributed by atoms with van der Waals surface area (Å²) in [7, 11) is -4.15. The second-order valence-corrected chi connectivity index (χ2v) is 9.51. The van der Waals surface area contributed by atoms with E-state index in [1.165, 1.54) is 0 Å². The van der Waals surface area contributed by atoms with Crippen molar-refractivity contribution in [2.75, 3.05) is 11.9 Å². The molecule has 1 aliphatic carbocycles. The van der Waals surface area contributed by atoms with Crippen molar-refractivity contribution >= 4 is 21.8 Å². The number of aliphatic hydroxyl groups excluding tert-OH is 2. The minimum Gasteiger partial charge on any atom is -0.390 e. The number of rotatable bonds is 7. The summed E-state index contributed by atoms with van der Waals surface area (Å²) in [4.78, 5) is 13.3. The largest absolute Gasteiger partial charge is 0.390 e. The molecule has 0 radical (unpaired) electrons. The highest BCUT2D eigenvalue weighted by Gasteiger charge is 2.42. The number of aliphatic hydroxyl groups is 2. The molecule has 3 aromatic heterocycles. The quantitative estimate of drug-likeness (QED) is 0.282. The van der Waals surface area contributed by atoms with E-state index in [-0.39, 0.29) is 13.0 Å². The van der Waals surface area contributed by atoms with Gasteiger partial charge in [-0.3, -0.25) is 9.17 Å². The predicted octanol–water partition coefficient (Wildman–Crippen LogP) is 0.596. The number of benzene rings is 1. The maximum Gasteiger partial charge on any atom is 0.333 e. The zero-order valence-corrected chi connectivity index (χ0v) is 19.2. The molecule has 13 heteroatoms. The van der Waals surface area contributed by atoms with E-state index in [0.29, 0.717) is 28.5 Å². The molecule has 2 unspecified atom stereocenters. The number of fused-ring (bicyclic) bond motifs is 1. The highest BCUT2D eigenvalue weighted by Crippen LogP contribution is 2.30. The smallest absolute Gasteiger partial charge is 0.333 e. The third kappa shape index (κ3) is 4.99. The lowest BCUT2D eigenvalue weighted by Crippen LogP contribution is -2.36. The van der Waals surface area contributed by atoms with Crippen molar-refractivity contribution in [3.63, 3.8) is 0 Å². The van der Waals surface area contributed by atoms with E-state index >= 15 is 0 Å². The minimum atomic E-state index is -4.15. The first-order chi connectivity index (χ1) is 16.8. The fraction of sp³-hybridized carbons (Fsp3) is 0.273. The maximum atomic E-state index is 11.1. The molecule has 0 saturated heterocycles. The van der Waals surface area contributed by atoms with Gasteiger partial charge in [0.25, 0.3) is 0 Å². The molecule has 3 heterocycles. The Kier molecular flexibility index (Phi) is 6.17. The van der Waals surface area contributed by atoms with Crippen molar-refractivity contribution in [2.24, 2.45) is 11.1 Å². The summed E-state index contributed by atoms with van der Waals surface area (Å²) in [5.74, 6) is -0.0972. The SMILES string of the molecule is NS(=O)(=O)OC[C@H]1CC(Nc2ccnc3cc(-c4cncc(-c5ccccc5)n4)nn23)C(O)[C@@H]1O. The molecule has 4 aromatic rings. The monoisotopic (exact) mass is 497 g/mol. The second-order valence-electron chi connectivity index (χ2n) is 8.29. The summed E-state index contributed by atoms with van der Waals surface area (Å²) in [5.41, 5.74) is 3.31. The molecule has 1 aliphatic rings. The third-order valence-electron chi connectivity index (χ3n) is 5.91. The summed E-state index contributed by atoms with van der Waals surface area (Å²) in [6, 6.07) is 12.5. The third-order valence-corrected chi connectivity index (χ3v) is 6.37. The van der Waals surface area contributed by atoms with Gasteiger partial charge in [0.05, 0.1) is 36.8 Å². The van der Waals surface area contributed by atoms with Crippen LogP contribution in [0.25, 0.3) is 28.3 Å². The highest BCUT2D eigenvalue weighted by atomic mass is 32.2. The first-order valence-corrected chi connectivity index (χ1v) is 12.3. The topological polar surface area (TPSA) is 178 Å². The van der Waals surface area contributed by atoms with E-state index in [1.54, 1.807) is 35.2 Å². The van der Waals surface area contributed by atoms with Crippen LogP contribution in [0.5, 0.6) is 0 Å². The predicted molar refractivity (Wildman–Crippen MR) is 126 cm³/mol. The van der Waals surface area contributed by atoms with Crippen LogP contribution in [0.2, 0.25) is 0 Å². The summed E-state index contributed by atoms with van der Waals surface area (Å²) in [6.45, 7) is -0.330. The van der Waals surface area contributed by atoms with Crippen molar-refractivity contribution in [1.82, 2.24) is 24.6 Å². The first-order valence-electron chi connectivity index (χ1n) is 10.8. The Bertz CT molecular complexity index is 1450. The summed E-state index contributed by atoms with van der Waals surface area (Å²) in [5, 5.41) is 33.5. The maximum absolute atomic E-state index is 11.1. The number of nitrogens with zero attached hydrogens (tertiary/aromatic N) is 5. The van der Waals surface area contributed by atoms with Crippen LogP contribution in [-0.2, 0) is 14.5 Å². The molecular formula is C22H23N7O5S. The second kappa shape index (κ2) is 9.28. The van der Waals surface area contributed by atoms with E-state index < -0.39 is 34.5 Å². The summed E-state index contributed by atoms with van der Waals surface area (Å²) < 4.78 is 28.3. The van der Waals surface area contributed by atoms with Gasteiger partial charge in [0.15, 0.2) is 5.65 Å². The van der Waals surface area contributed by atoms with Crippen LogP contribution in [0.4, 0.5) is 5.82 Å². The molecule has 5 N–H and O–H groups in total. The molecule has 5 rings (SSSR count). The van der Waals surface area contributed by atoms with E-state index in [2.05, 4.69) is 29.6 Å². The number of hydrogen-bond acceptors (Lipinski definition) is 10. The van der Waals surface area contributed by atoms with Crippen molar-refractivity contribution in [1.29, 1.82) is 0 Å². The fourth-order valence-corrected chi connectivity index (χ4v) is 4.54. The van der Waals surface area contributed by atoms with Gasteiger partial charge in [0, 0.05) is 23.7 Å². The van der Waals surface area contributed by atoms with Gasteiger partial charge in [-0.1, -0.05) is 30.3 Å². The van der Waals surface area contributed by atoms with Crippen LogP contribution in [0, 0.1) is 5.92 Å². The average molecular weight is 498 g/mol. The van der Waals surface area contributed by atoms with E-state index in [4.69, 9.17) is 5.14 Å². The van der Waals surface area contributed by atoms with E-state index in [9.17, 15) is 18.6 Å². The van der Waals surface area contributed by atoms with Crippen molar-refractivity contribution < 1.29 is 22.8 Å². The van der Waals surface area contributed by atoms with Gasteiger partial charge in [-0.15, -0.1) is 0 Å². The molecule has 0 aliphatic heterocycles. The van der Waals surface area contributed by atoms with Crippen LogP contribution in [0.3, 0.4) is 0 Å². The van der Waals surface area contributed by atoms with E-state index in [0.717, 1.165) is 5.56 Å². The molecule has 12 nitrogen and oxygen atoms in total. The number of nitrogens with one attached hydrogen (secondary N) is 1. The number of nitrogens with two attached hydrogens (primary N) is 1. The van der Waals surface area contributed by atoms with E-state index in [1.807, 2.05) is 30.3 Å². The Balaban J connectivity index is 1.39. The normalized spacial score (nSPS) is 22.5. The van der Waals surface area contributed by atoms with Crippen molar-refractivity contribution in [2.45, 2.75) is 24.7 Å². The fourth-order valence-electron chi connectivity index (χ4n) is 4.17. The molecule has 4 atom stereocenters. The Hall–Kier alpha value is -3.49. The van der Waals surface area contributed by atoms with Crippen LogP contribution in [0.1, 0.15) is 6.42 Å². The molecule has 1 aromatic carbocycles. The van der Waals surface area contributed by atoms with Crippen LogP contribution in [0.15, 0.2) is 61.1 Å². The lowest BCUT2D eigenvalue weighted by molar-refractivity contribution is 0.00777. The van der Waals surface area contributed by atoms with Gasteiger partial charge >= 0.3 is 10.3 Å². The first kappa shape index (κ1) is 23.3. The molecule has 1 saturated carbocycles. The zero-order valence-electron chi connectivity index (χ0n) is 18.3. The van der Waals surface area contributed by atoms with Gasteiger partial charge in [0.2, 0.25) is 0 Å². The molecular weight excluding hydrogens is 474 g/mol. The summed E-state index contributed by atoms with van der Waals surface area (Å²) >= 11 is 0. The molecule has 35 heavy (non-hydrogen) atoms. The Labute approximate surface area is 200 Å². The zero-order chi connectivity index (χ0) is 24.6. The molecule has 182 valence electrons. The van der Waals surface area contributed by atoms with Gasteiger partial charge in [-0.25, -0.2) is 15.1 Å². The molecule has 0 amide bonds. The average Bonchev–Trinajstić information content (AvgIpc) is 3.41. The number of anilines is 1. The van der Waals surface area contributed by atoms with Gasteiger partial charge in [-0.05, 0) is 12.5 Å². The van der Waals surface area contributed by atoms with Crippen molar-refractivity contribution in [3.8, 4) is 22.6 Å². The van der Waals surface area contributed by atoms with Crippen LogP contribution >= 0.6 is 0 Å². The van der Waals surface area contributed by atoms with Gasteiger partial charge in [-0.2, -0.15) is 18.0 Å². The van der Waals surface area contributed by atoms with Gasteiger partial charge in [0.1, 0.15) is 23.3 Å². The molecule has 0 bridgehead atoms. The number of aromatic nitrogens is 5. The Morgan fingerprint density at radius 2 is 1.86 bits per heavy atom.